The Morgan fingerprint density at radius 1 is 1.30 bits per heavy atom. The van der Waals surface area contributed by atoms with Gasteiger partial charge in [0.25, 0.3) is 0 Å². The number of aryl methyl sites for hydroxylation is 1. The van der Waals surface area contributed by atoms with E-state index >= 15 is 0 Å². The summed E-state index contributed by atoms with van der Waals surface area (Å²) in [5, 5.41) is 6.64. The van der Waals surface area contributed by atoms with E-state index in [0.717, 1.165) is 10.7 Å². The fourth-order valence-electron chi connectivity index (χ4n) is 1.73. The van der Waals surface area contributed by atoms with Gasteiger partial charge in [0.15, 0.2) is 5.11 Å². The first-order valence-electron chi connectivity index (χ1n) is 5.58. The average Bonchev–Trinajstić information content (AvgIpc) is 2.71. The highest BCUT2D eigenvalue weighted by atomic mass is 32.1. The van der Waals surface area contributed by atoms with E-state index in [9.17, 15) is 13.2 Å². The molecule has 1 aromatic carbocycles. The van der Waals surface area contributed by atoms with E-state index in [0.29, 0.717) is 17.1 Å². The molecule has 3 N–H and O–H groups in total. The SMILES string of the molecule is Cc1cc(C(F)(F)F)n(-c2ccc(NC(N)=S)cc2)n1. The molecule has 0 aliphatic carbocycles. The van der Waals surface area contributed by atoms with Crippen molar-refractivity contribution in [2.24, 2.45) is 5.73 Å². The molecule has 0 radical (unpaired) electrons. The molecule has 2 rings (SSSR count). The molecule has 1 heterocycles. The minimum atomic E-state index is -4.46. The quantitative estimate of drug-likeness (QED) is 0.837. The van der Waals surface area contributed by atoms with Crippen LogP contribution < -0.4 is 11.1 Å². The molecule has 0 fully saturated rings. The van der Waals surface area contributed by atoms with Crippen LogP contribution in [-0.2, 0) is 6.18 Å². The average molecular weight is 300 g/mol. The van der Waals surface area contributed by atoms with Gasteiger partial charge in [-0.05, 0) is 49.5 Å². The second-order valence-electron chi connectivity index (χ2n) is 4.12. The van der Waals surface area contributed by atoms with Crippen LogP contribution in [0.5, 0.6) is 0 Å². The van der Waals surface area contributed by atoms with E-state index in [2.05, 4.69) is 22.6 Å². The number of nitrogens with two attached hydrogens (primary N) is 1. The number of nitrogens with zero attached hydrogens (tertiary/aromatic N) is 2. The Hall–Kier alpha value is -2.09. The van der Waals surface area contributed by atoms with E-state index in [-0.39, 0.29) is 5.11 Å². The molecule has 0 unspecified atom stereocenters. The number of thiocarbonyl (C=S) groups is 1. The molecule has 0 saturated carbocycles. The Bertz CT molecular complexity index is 631. The topological polar surface area (TPSA) is 55.9 Å². The monoisotopic (exact) mass is 300 g/mol. The van der Waals surface area contributed by atoms with Crippen LogP contribution >= 0.6 is 12.2 Å². The molecular weight excluding hydrogens is 289 g/mol. The summed E-state index contributed by atoms with van der Waals surface area (Å²) in [5.41, 5.74) is 5.69. The summed E-state index contributed by atoms with van der Waals surface area (Å²) in [6.45, 7) is 1.51. The highest BCUT2D eigenvalue weighted by Gasteiger charge is 2.35. The van der Waals surface area contributed by atoms with Gasteiger partial charge in [-0.15, -0.1) is 0 Å². The lowest BCUT2D eigenvalue weighted by molar-refractivity contribution is -0.142. The van der Waals surface area contributed by atoms with Crippen molar-refractivity contribution in [3.63, 3.8) is 0 Å². The van der Waals surface area contributed by atoms with Crippen LogP contribution in [-0.4, -0.2) is 14.9 Å². The van der Waals surface area contributed by atoms with Crippen molar-refractivity contribution in [2.75, 3.05) is 5.32 Å². The highest BCUT2D eigenvalue weighted by molar-refractivity contribution is 7.80. The molecule has 0 atom stereocenters. The summed E-state index contributed by atoms with van der Waals surface area (Å²) in [6.07, 6.45) is -4.46. The van der Waals surface area contributed by atoms with E-state index in [4.69, 9.17) is 5.73 Å². The maximum atomic E-state index is 12.9. The van der Waals surface area contributed by atoms with E-state index in [1.165, 1.54) is 19.1 Å². The number of hydrogen-bond acceptors (Lipinski definition) is 2. The van der Waals surface area contributed by atoms with Gasteiger partial charge < -0.3 is 11.1 Å². The normalized spacial score (nSPS) is 11.4. The van der Waals surface area contributed by atoms with Gasteiger partial charge in [0.2, 0.25) is 0 Å². The molecule has 0 saturated heterocycles. The Kier molecular flexibility index (Phi) is 3.67. The minimum Gasteiger partial charge on any atom is -0.376 e. The zero-order valence-electron chi connectivity index (χ0n) is 10.4. The molecule has 0 bridgehead atoms. The lowest BCUT2D eigenvalue weighted by atomic mass is 10.2. The molecule has 0 amide bonds. The second-order valence-corrected chi connectivity index (χ2v) is 4.56. The number of benzene rings is 1. The lowest BCUT2D eigenvalue weighted by Crippen LogP contribution is -2.18. The first-order chi connectivity index (χ1) is 9.27. The zero-order chi connectivity index (χ0) is 14.9. The number of anilines is 1. The predicted molar refractivity (Wildman–Crippen MR) is 73.7 cm³/mol. The fraction of sp³-hybridized carbons (Fsp3) is 0.167. The van der Waals surface area contributed by atoms with Crippen LogP contribution in [0, 0.1) is 6.92 Å². The van der Waals surface area contributed by atoms with Crippen molar-refractivity contribution in [1.82, 2.24) is 9.78 Å². The Morgan fingerprint density at radius 2 is 1.90 bits per heavy atom. The third-order valence-corrected chi connectivity index (χ3v) is 2.60. The predicted octanol–water partition coefficient (Wildman–Crippen LogP) is 2.86. The molecular formula is C12H11F3N4S. The van der Waals surface area contributed by atoms with Crippen LogP contribution in [0.25, 0.3) is 5.69 Å². The summed E-state index contributed by atoms with van der Waals surface area (Å²) in [7, 11) is 0. The minimum absolute atomic E-state index is 0.0867. The Morgan fingerprint density at radius 3 is 2.40 bits per heavy atom. The van der Waals surface area contributed by atoms with Gasteiger partial charge in [0, 0.05) is 5.69 Å². The number of hydrogen-bond donors (Lipinski definition) is 2. The molecule has 0 aliphatic rings. The van der Waals surface area contributed by atoms with E-state index in [1.807, 2.05) is 0 Å². The van der Waals surface area contributed by atoms with Crippen LogP contribution in [0.1, 0.15) is 11.4 Å². The Balaban J connectivity index is 2.39. The second kappa shape index (κ2) is 5.12. The maximum Gasteiger partial charge on any atom is 0.433 e. The van der Waals surface area contributed by atoms with Gasteiger partial charge in [0.05, 0.1) is 11.4 Å². The first kappa shape index (κ1) is 14.3. The molecule has 0 aliphatic heterocycles. The molecule has 4 nitrogen and oxygen atoms in total. The fourth-order valence-corrected chi connectivity index (χ4v) is 1.84. The third-order valence-electron chi connectivity index (χ3n) is 2.50. The van der Waals surface area contributed by atoms with Gasteiger partial charge in [-0.3, -0.25) is 0 Å². The number of nitrogens with one attached hydrogen (secondary N) is 1. The van der Waals surface area contributed by atoms with Gasteiger partial charge >= 0.3 is 6.18 Å². The summed E-state index contributed by atoms with van der Waals surface area (Å²) >= 11 is 4.68. The van der Waals surface area contributed by atoms with Gasteiger partial charge in [-0.1, -0.05) is 0 Å². The summed E-state index contributed by atoms with van der Waals surface area (Å²) < 4.78 is 39.5. The number of halogens is 3. The van der Waals surface area contributed by atoms with Crippen molar-refractivity contribution in [1.29, 1.82) is 0 Å². The third kappa shape index (κ3) is 3.08. The lowest BCUT2D eigenvalue weighted by Gasteiger charge is -2.11. The van der Waals surface area contributed by atoms with Gasteiger partial charge in [-0.2, -0.15) is 18.3 Å². The molecule has 106 valence electrons. The Labute approximate surface area is 118 Å². The largest absolute Gasteiger partial charge is 0.433 e. The van der Waals surface area contributed by atoms with Crippen LogP contribution in [0.2, 0.25) is 0 Å². The molecule has 20 heavy (non-hydrogen) atoms. The number of rotatable bonds is 2. The summed E-state index contributed by atoms with van der Waals surface area (Å²) in [4.78, 5) is 0. The molecule has 8 heteroatoms. The van der Waals surface area contributed by atoms with Gasteiger partial charge in [-0.25, -0.2) is 4.68 Å². The van der Waals surface area contributed by atoms with Crippen LogP contribution in [0.3, 0.4) is 0 Å². The van der Waals surface area contributed by atoms with Crippen molar-refractivity contribution in [2.45, 2.75) is 13.1 Å². The van der Waals surface area contributed by atoms with Crippen molar-refractivity contribution in [3.8, 4) is 5.69 Å². The standard InChI is InChI=1S/C12H11F3N4S/c1-7-6-10(12(13,14)15)19(18-7)9-4-2-8(3-5-9)17-11(16)20/h2-6H,1H3,(H3,16,17,20). The summed E-state index contributed by atoms with van der Waals surface area (Å²) in [6, 6.07) is 7.16. The number of alkyl halides is 3. The maximum absolute atomic E-state index is 12.9. The van der Waals surface area contributed by atoms with Crippen molar-refractivity contribution in [3.05, 3.63) is 41.7 Å². The zero-order valence-corrected chi connectivity index (χ0v) is 11.2. The number of aromatic nitrogens is 2. The molecule has 0 spiro atoms. The van der Waals surface area contributed by atoms with Crippen LogP contribution in [0.15, 0.2) is 30.3 Å². The highest BCUT2D eigenvalue weighted by Crippen LogP contribution is 2.31. The van der Waals surface area contributed by atoms with E-state index < -0.39 is 11.9 Å². The first-order valence-corrected chi connectivity index (χ1v) is 5.99. The smallest absolute Gasteiger partial charge is 0.376 e. The van der Waals surface area contributed by atoms with Crippen molar-refractivity contribution < 1.29 is 13.2 Å². The van der Waals surface area contributed by atoms with Gasteiger partial charge in [0.1, 0.15) is 5.69 Å². The van der Waals surface area contributed by atoms with Crippen molar-refractivity contribution >= 4 is 23.0 Å². The van der Waals surface area contributed by atoms with E-state index in [1.54, 1.807) is 12.1 Å². The summed E-state index contributed by atoms with van der Waals surface area (Å²) in [5.74, 6) is 0. The molecule has 1 aromatic heterocycles. The molecule has 2 aromatic rings. The van der Waals surface area contributed by atoms with Crippen LogP contribution in [0.4, 0.5) is 18.9 Å².